The molecule has 0 saturated carbocycles. The Morgan fingerprint density at radius 2 is 1.77 bits per heavy atom. The van der Waals surface area contributed by atoms with Crippen LogP contribution in [0.5, 0.6) is 0 Å². The highest BCUT2D eigenvalue weighted by Crippen LogP contribution is 2.23. The molecule has 0 aliphatic heterocycles. The van der Waals surface area contributed by atoms with Gasteiger partial charge < -0.3 is 15.4 Å². The van der Waals surface area contributed by atoms with Gasteiger partial charge in [0.05, 0.1) is 13.7 Å². The molecule has 0 heterocycles. The maximum atomic E-state index is 12.3. The van der Waals surface area contributed by atoms with Crippen molar-refractivity contribution in [2.45, 2.75) is 39.3 Å². The first-order valence-corrected chi connectivity index (χ1v) is 9.06. The van der Waals surface area contributed by atoms with Crippen molar-refractivity contribution in [3.05, 3.63) is 48.0 Å². The molecule has 3 unspecified atom stereocenters. The van der Waals surface area contributed by atoms with Gasteiger partial charge in [0.2, 0.25) is 5.91 Å². The quantitative estimate of drug-likeness (QED) is 0.713. The molecule has 0 aromatic heterocycles. The van der Waals surface area contributed by atoms with Gasteiger partial charge in [-0.05, 0) is 29.2 Å². The highest BCUT2D eigenvalue weighted by molar-refractivity contribution is 5.87. The van der Waals surface area contributed by atoms with Crippen molar-refractivity contribution in [1.82, 2.24) is 10.6 Å². The fourth-order valence-corrected chi connectivity index (χ4v) is 3.00. The second-order valence-corrected chi connectivity index (χ2v) is 6.62. The molecule has 0 saturated heterocycles. The average Bonchev–Trinajstić information content (AvgIpc) is 2.68. The second kappa shape index (κ2) is 9.34. The molecular weight excluding hydrogens is 328 g/mol. The maximum Gasteiger partial charge on any atom is 0.328 e. The van der Waals surface area contributed by atoms with E-state index < -0.39 is 12.0 Å². The van der Waals surface area contributed by atoms with E-state index in [1.807, 2.05) is 39.0 Å². The normalized spacial score (nSPS) is 14.5. The zero-order valence-corrected chi connectivity index (χ0v) is 15.9. The minimum atomic E-state index is -0.618. The molecule has 2 aromatic carbocycles. The van der Waals surface area contributed by atoms with Crippen LogP contribution in [0.1, 0.15) is 38.8 Å². The number of hydrogen-bond acceptors (Lipinski definition) is 4. The Morgan fingerprint density at radius 1 is 1.08 bits per heavy atom. The lowest BCUT2D eigenvalue weighted by molar-refractivity contribution is -0.146. The van der Waals surface area contributed by atoms with Crippen LogP contribution in [0.2, 0.25) is 0 Å². The van der Waals surface area contributed by atoms with Crippen LogP contribution in [0.4, 0.5) is 0 Å². The number of hydrogen-bond donors (Lipinski definition) is 2. The van der Waals surface area contributed by atoms with Crippen LogP contribution < -0.4 is 10.6 Å². The molecule has 140 valence electrons. The Morgan fingerprint density at radius 3 is 2.46 bits per heavy atom. The molecule has 1 amide bonds. The summed E-state index contributed by atoms with van der Waals surface area (Å²) in [5.41, 5.74) is 1.14. The van der Waals surface area contributed by atoms with Crippen LogP contribution in [0.15, 0.2) is 42.5 Å². The third-order valence-electron chi connectivity index (χ3n) is 4.84. The van der Waals surface area contributed by atoms with E-state index in [0.29, 0.717) is 0 Å². The molecule has 2 aromatic rings. The highest BCUT2D eigenvalue weighted by Gasteiger charge is 2.26. The number of esters is 1. The Kier molecular flexibility index (Phi) is 7.16. The van der Waals surface area contributed by atoms with Crippen LogP contribution >= 0.6 is 0 Å². The molecule has 0 bridgehead atoms. The minimum absolute atomic E-state index is 0.00650. The predicted molar refractivity (Wildman–Crippen MR) is 104 cm³/mol. The molecule has 3 atom stereocenters. The molecule has 0 aliphatic rings. The monoisotopic (exact) mass is 356 g/mol. The zero-order chi connectivity index (χ0) is 19.1. The number of fused-ring (bicyclic) bond motifs is 1. The van der Waals surface area contributed by atoms with Gasteiger partial charge in [0, 0.05) is 6.04 Å². The number of carbonyl (C=O) groups is 2. The van der Waals surface area contributed by atoms with Gasteiger partial charge >= 0.3 is 5.97 Å². The van der Waals surface area contributed by atoms with E-state index >= 15 is 0 Å². The number of ether oxygens (including phenoxy) is 1. The van der Waals surface area contributed by atoms with Gasteiger partial charge in [0.15, 0.2) is 0 Å². The fourth-order valence-electron chi connectivity index (χ4n) is 3.00. The smallest absolute Gasteiger partial charge is 0.328 e. The standard InChI is InChI=1S/C21H28N2O3/c1-5-14(2)20(21(25)26-4)23-19(24)13-22-15(3)17-12-8-10-16-9-6-7-11-18(16)17/h6-12,14-15,20,22H,5,13H2,1-4H3,(H,23,24). The van der Waals surface area contributed by atoms with Crippen molar-refractivity contribution in [1.29, 1.82) is 0 Å². The Balaban J connectivity index is 2.00. The first-order valence-electron chi connectivity index (χ1n) is 9.06. The van der Waals surface area contributed by atoms with Gasteiger partial charge in [-0.15, -0.1) is 0 Å². The summed E-state index contributed by atoms with van der Waals surface area (Å²) in [5, 5.41) is 8.37. The Bertz CT molecular complexity index is 755. The summed E-state index contributed by atoms with van der Waals surface area (Å²) in [4.78, 5) is 24.2. The van der Waals surface area contributed by atoms with E-state index in [-0.39, 0.29) is 24.4 Å². The van der Waals surface area contributed by atoms with Crippen molar-refractivity contribution in [2.24, 2.45) is 5.92 Å². The van der Waals surface area contributed by atoms with Gasteiger partial charge in [-0.3, -0.25) is 4.79 Å². The number of nitrogens with one attached hydrogen (secondary N) is 2. The summed E-state index contributed by atoms with van der Waals surface area (Å²) in [6.07, 6.45) is 0.778. The molecule has 0 spiro atoms. The van der Waals surface area contributed by atoms with Crippen LogP contribution in [0.3, 0.4) is 0 Å². The largest absolute Gasteiger partial charge is 0.467 e. The van der Waals surface area contributed by atoms with Crippen molar-refractivity contribution >= 4 is 22.6 Å². The number of benzene rings is 2. The fraction of sp³-hybridized carbons (Fsp3) is 0.429. The molecule has 5 nitrogen and oxygen atoms in total. The molecule has 0 aliphatic carbocycles. The third kappa shape index (κ3) is 4.82. The van der Waals surface area contributed by atoms with E-state index in [4.69, 9.17) is 4.74 Å². The first-order chi connectivity index (χ1) is 12.5. The lowest BCUT2D eigenvalue weighted by Crippen LogP contribution is -2.48. The molecule has 26 heavy (non-hydrogen) atoms. The second-order valence-electron chi connectivity index (χ2n) is 6.62. The van der Waals surface area contributed by atoms with E-state index in [9.17, 15) is 9.59 Å². The van der Waals surface area contributed by atoms with E-state index in [1.165, 1.54) is 17.9 Å². The van der Waals surface area contributed by atoms with E-state index in [2.05, 4.69) is 34.9 Å². The summed E-state index contributed by atoms with van der Waals surface area (Å²) in [6.45, 7) is 6.07. The van der Waals surface area contributed by atoms with Crippen LogP contribution in [-0.2, 0) is 14.3 Å². The lowest BCUT2D eigenvalue weighted by atomic mass is 9.99. The summed E-state index contributed by atoms with van der Waals surface area (Å²) in [5.74, 6) is -0.607. The summed E-state index contributed by atoms with van der Waals surface area (Å²) in [6, 6.07) is 13.7. The minimum Gasteiger partial charge on any atom is -0.467 e. The highest BCUT2D eigenvalue weighted by atomic mass is 16.5. The molecule has 0 fully saturated rings. The number of methoxy groups -OCH3 is 1. The summed E-state index contributed by atoms with van der Waals surface area (Å²) >= 11 is 0. The van der Waals surface area contributed by atoms with E-state index in [1.54, 1.807) is 0 Å². The first kappa shape index (κ1) is 19.9. The van der Waals surface area contributed by atoms with Gasteiger partial charge in [-0.1, -0.05) is 62.7 Å². The van der Waals surface area contributed by atoms with Crippen molar-refractivity contribution < 1.29 is 14.3 Å². The summed E-state index contributed by atoms with van der Waals surface area (Å²) in [7, 11) is 1.34. The lowest BCUT2D eigenvalue weighted by Gasteiger charge is -2.22. The molecule has 2 rings (SSSR count). The Labute approximate surface area is 155 Å². The van der Waals surface area contributed by atoms with Gasteiger partial charge in [-0.25, -0.2) is 4.79 Å². The average molecular weight is 356 g/mol. The summed E-state index contributed by atoms with van der Waals surface area (Å²) < 4.78 is 4.81. The predicted octanol–water partition coefficient (Wildman–Crippen LogP) is 3.19. The molecular formula is C21H28N2O3. The van der Waals surface area contributed by atoms with Crippen LogP contribution in [0.25, 0.3) is 10.8 Å². The van der Waals surface area contributed by atoms with Crippen molar-refractivity contribution in [2.75, 3.05) is 13.7 Å². The van der Waals surface area contributed by atoms with Gasteiger partial charge in [0.25, 0.3) is 0 Å². The Hall–Kier alpha value is -2.40. The van der Waals surface area contributed by atoms with Crippen LogP contribution in [0, 0.1) is 5.92 Å². The third-order valence-corrected chi connectivity index (χ3v) is 4.84. The van der Waals surface area contributed by atoms with Crippen molar-refractivity contribution in [3.63, 3.8) is 0 Å². The maximum absolute atomic E-state index is 12.3. The number of rotatable bonds is 8. The number of amides is 1. The van der Waals surface area contributed by atoms with Gasteiger partial charge in [0.1, 0.15) is 6.04 Å². The molecule has 2 N–H and O–H groups in total. The SMILES string of the molecule is CCC(C)C(NC(=O)CNC(C)c1cccc2ccccc12)C(=O)OC. The molecule has 0 radical (unpaired) electrons. The van der Waals surface area contributed by atoms with Gasteiger partial charge in [-0.2, -0.15) is 0 Å². The van der Waals surface area contributed by atoms with E-state index in [0.717, 1.165) is 12.0 Å². The topological polar surface area (TPSA) is 67.4 Å². The van der Waals surface area contributed by atoms with Crippen LogP contribution in [-0.4, -0.2) is 31.6 Å². The zero-order valence-electron chi connectivity index (χ0n) is 15.9. The molecule has 5 heteroatoms. The van der Waals surface area contributed by atoms with Crippen molar-refractivity contribution in [3.8, 4) is 0 Å². The number of carbonyl (C=O) groups excluding carboxylic acids is 2.